The van der Waals surface area contributed by atoms with Crippen LogP contribution in [0.3, 0.4) is 0 Å². The van der Waals surface area contributed by atoms with E-state index in [2.05, 4.69) is 13.8 Å². The predicted octanol–water partition coefficient (Wildman–Crippen LogP) is 5.95. The van der Waals surface area contributed by atoms with E-state index in [1.54, 1.807) is 43.0 Å². The summed E-state index contributed by atoms with van der Waals surface area (Å²) in [6.45, 7) is 6.21. The van der Waals surface area contributed by atoms with E-state index in [1.807, 2.05) is 0 Å². The summed E-state index contributed by atoms with van der Waals surface area (Å²) in [6, 6.07) is 8.23. The van der Waals surface area contributed by atoms with Gasteiger partial charge in [-0.15, -0.1) is 11.8 Å². The number of hydrogen-bond donors (Lipinski definition) is 1. The normalized spacial score (nSPS) is 15.5. The molecule has 0 bridgehead atoms. The first kappa shape index (κ1) is 22.5. The number of esters is 1. The summed E-state index contributed by atoms with van der Waals surface area (Å²) in [4.78, 5) is 25.3. The average Bonchev–Trinajstić information content (AvgIpc) is 3.20. The quantitative estimate of drug-likeness (QED) is 0.521. The highest BCUT2D eigenvalue weighted by molar-refractivity contribution is 8.00. The lowest BCUT2D eigenvalue weighted by atomic mass is 10.0. The number of benzene rings is 1. The summed E-state index contributed by atoms with van der Waals surface area (Å²) in [6.07, 6.45) is 5.53. The number of hydrogen-bond acceptors (Lipinski definition) is 6. The Hall–Kier alpha value is -2.21. The number of thioether (sulfide) groups is 1. The minimum Gasteiger partial charge on any atom is -0.507 e. The molecule has 0 spiro atoms. The van der Waals surface area contributed by atoms with Crippen molar-refractivity contribution in [2.45, 2.75) is 63.4 Å². The molecule has 1 heterocycles. The molecule has 1 aromatic carbocycles. The lowest BCUT2D eigenvalue weighted by molar-refractivity contribution is 0.0527. The van der Waals surface area contributed by atoms with Gasteiger partial charge in [0.1, 0.15) is 11.5 Å². The van der Waals surface area contributed by atoms with E-state index in [9.17, 15) is 14.7 Å². The highest BCUT2D eigenvalue weighted by atomic mass is 32.2. The van der Waals surface area contributed by atoms with Crippen LogP contribution in [0.2, 0.25) is 0 Å². The molecule has 1 saturated carbocycles. The molecule has 0 saturated heterocycles. The van der Waals surface area contributed by atoms with Crippen LogP contribution in [0.15, 0.2) is 39.5 Å². The second-order valence-corrected chi connectivity index (χ2v) is 9.63. The van der Waals surface area contributed by atoms with Crippen molar-refractivity contribution in [3.05, 3.63) is 51.9 Å². The minimum absolute atomic E-state index is 0.0731. The summed E-state index contributed by atoms with van der Waals surface area (Å²) in [7, 11) is 0. The van der Waals surface area contributed by atoms with E-state index in [0.29, 0.717) is 27.9 Å². The minimum atomic E-state index is -0.542. The van der Waals surface area contributed by atoms with Crippen LogP contribution in [-0.4, -0.2) is 22.9 Å². The Morgan fingerprint density at radius 3 is 2.60 bits per heavy atom. The van der Waals surface area contributed by atoms with Gasteiger partial charge in [-0.1, -0.05) is 44.9 Å². The van der Waals surface area contributed by atoms with E-state index in [1.165, 1.54) is 18.9 Å². The lowest BCUT2D eigenvalue weighted by Crippen LogP contribution is -2.15. The van der Waals surface area contributed by atoms with Crippen LogP contribution in [0.4, 0.5) is 0 Å². The molecule has 0 amide bonds. The van der Waals surface area contributed by atoms with Crippen LogP contribution in [-0.2, 0) is 4.74 Å². The van der Waals surface area contributed by atoms with Crippen molar-refractivity contribution >= 4 is 17.7 Å². The maximum absolute atomic E-state index is 13.0. The molecular weight excluding hydrogens is 400 g/mol. The van der Waals surface area contributed by atoms with E-state index in [-0.39, 0.29) is 23.4 Å². The molecule has 162 valence electrons. The Morgan fingerprint density at radius 1 is 1.27 bits per heavy atom. The molecule has 2 aromatic rings. The third-order valence-corrected chi connectivity index (χ3v) is 6.93. The number of ether oxygens (including phenoxy) is 1. The third kappa shape index (κ3) is 5.28. The molecule has 1 atom stereocenters. The van der Waals surface area contributed by atoms with Crippen molar-refractivity contribution in [2.75, 3.05) is 6.61 Å². The van der Waals surface area contributed by atoms with Gasteiger partial charge in [0.25, 0.3) is 0 Å². The molecule has 5 nitrogen and oxygen atoms in total. The number of rotatable bonds is 8. The first-order valence-corrected chi connectivity index (χ1v) is 11.6. The van der Waals surface area contributed by atoms with Crippen LogP contribution in [0.25, 0.3) is 11.3 Å². The average molecular weight is 431 g/mol. The van der Waals surface area contributed by atoms with Crippen molar-refractivity contribution in [3.8, 4) is 17.1 Å². The molecule has 3 rings (SSSR count). The van der Waals surface area contributed by atoms with Gasteiger partial charge in [-0.3, -0.25) is 0 Å². The lowest BCUT2D eigenvalue weighted by Gasteiger charge is -2.22. The maximum atomic E-state index is 13.0. The first-order valence-electron chi connectivity index (χ1n) is 10.7. The van der Waals surface area contributed by atoms with Gasteiger partial charge in [-0.05, 0) is 38.2 Å². The van der Waals surface area contributed by atoms with Crippen LogP contribution in [0.1, 0.15) is 74.0 Å². The van der Waals surface area contributed by atoms with Crippen molar-refractivity contribution in [3.63, 3.8) is 0 Å². The predicted molar refractivity (Wildman–Crippen MR) is 120 cm³/mol. The summed E-state index contributed by atoms with van der Waals surface area (Å²) in [5, 5.41) is 11.2. The second kappa shape index (κ2) is 10.2. The van der Waals surface area contributed by atoms with Gasteiger partial charge in [0, 0.05) is 22.1 Å². The fraction of sp³-hybridized carbons (Fsp3) is 0.500. The monoisotopic (exact) mass is 430 g/mol. The molecule has 0 aliphatic heterocycles. The van der Waals surface area contributed by atoms with Crippen LogP contribution < -0.4 is 5.63 Å². The summed E-state index contributed by atoms with van der Waals surface area (Å²) < 4.78 is 10.7. The molecule has 1 fully saturated rings. The van der Waals surface area contributed by atoms with E-state index in [4.69, 9.17) is 9.15 Å². The van der Waals surface area contributed by atoms with Crippen molar-refractivity contribution in [1.29, 1.82) is 0 Å². The number of carbonyl (C=O) groups excluding carboxylic acids is 1. The van der Waals surface area contributed by atoms with Gasteiger partial charge < -0.3 is 14.3 Å². The molecule has 1 unspecified atom stereocenters. The van der Waals surface area contributed by atoms with Gasteiger partial charge in [-0.2, -0.15) is 0 Å². The zero-order valence-corrected chi connectivity index (χ0v) is 18.7. The Bertz CT molecular complexity index is 927. The molecule has 1 aromatic heterocycles. The zero-order chi connectivity index (χ0) is 21.7. The van der Waals surface area contributed by atoms with Crippen molar-refractivity contribution < 1.29 is 19.1 Å². The smallest absolute Gasteiger partial charge is 0.344 e. The van der Waals surface area contributed by atoms with Gasteiger partial charge in [0.05, 0.1) is 17.7 Å². The van der Waals surface area contributed by atoms with Gasteiger partial charge in [0.15, 0.2) is 0 Å². The van der Waals surface area contributed by atoms with Gasteiger partial charge in [-0.25, -0.2) is 9.59 Å². The SMILES string of the molecule is CCOC(=O)c1ccccc1-c1cc(O)c(C(CC(C)C)SC2CCCC2)c(=O)o1. The zero-order valence-electron chi connectivity index (χ0n) is 17.8. The molecule has 0 radical (unpaired) electrons. The van der Waals surface area contributed by atoms with Crippen LogP contribution >= 0.6 is 11.8 Å². The summed E-state index contributed by atoms with van der Waals surface area (Å²) in [5.74, 6) is -0.0177. The molecule has 1 N–H and O–H groups in total. The van der Waals surface area contributed by atoms with E-state index >= 15 is 0 Å². The molecule has 1 aliphatic carbocycles. The molecule has 30 heavy (non-hydrogen) atoms. The topological polar surface area (TPSA) is 76.7 Å². The third-order valence-electron chi connectivity index (χ3n) is 5.32. The first-order chi connectivity index (χ1) is 14.4. The number of aromatic hydroxyl groups is 1. The Balaban J connectivity index is 1.99. The van der Waals surface area contributed by atoms with Crippen molar-refractivity contribution in [1.82, 2.24) is 0 Å². The Morgan fingerprint density at radius 2 is 1.97 bits per heavy atom. The van der Waals surface area contributed by atoms with Crippen molar-refractivity contribution in [2.24, 2.45) is 5.92 Å². The van der Waals surface area contributed by atoms with Gasteiger partial charge in [0.2, 0.25) is 0 Å². The summed E-state index contributed by atoms with van der Waals surface area (Å²) >= 11 is 1.78. The van der Waals surface area contributed by atoms with Gasteiger partial charge >= 0.3 is 11.6 Å². The standard InChI is InChI=1S/C24H30O5S/c1-4-28-23(26)18-12-8-7-11-17(18)20-14-19(25)22(24(27)29-20)21(13-15(2)3)30-16-9-5-6-10-16/h7-8,11-12,14-16,21,25H,4-6,9-10,13H2,1-3H3. The van der Waals surface area contributed by atoms with E-state index in [0.717, 1.165) is 19.3 Å². The Labute approximate surface area is 181 Å². The van der Waals surface area contributed by atoms with E-state index < -0.39 is 11.6 Å². The number of carbonyl (C=O) groups is 1. The molecule has 1 aliphatic rings. The molecular formula is C24H30O5S. The largest absolute Gasteiger partial charge is 0.507 e. The summed E-state index contributed by atoms with van der Waals surface area (Å²) in [5.41, 5.74) is 0.519. The second-order valence-electron chi connectivity index (χ2n) is 8.12. The highest BCUT2D eigenvalue weighted by Crippen LogP contribution is 2.44. The van der Waals surface area contributed by atoms with Crippen LogP contribution in [0, 0.1) is 5.92 Å². The highest BCUT2D eigenvalue weighted by Gasteiger charge is 2.28. The fourth-order valence-electron chi connectivity index (χ4n) is 3.93. The Kier molecular flexibility index (Phi) is 7.64. The van der Waals surface area contributed by atoms with Crippen LogP contribution in [0.5, 0.6) is 5.75 Å². The maximum Gasteiger partial charge on any atom is 0.344 e. The fourth-order valence-corrected chi connectivity index (χ4v) is 5.85. The molecule has 6 heteroatoms.